The van der Waals surface area contributed by atoms with Crippen LogP contribution >= 0.6 is 22.6 Å². The Morgan fingerprint density at radius 2 is 2.56 bits per heavy atom. The third kappa shape index (κ3) is 0.976. The third-order valence-corrected chi connectivity index (χ3v) is 3.29. The van der Waals surface area contributed by atoms with E-state index in [9.17, 15) is 4.79 Å². The van der Waals surface area contributed by atoms with Gasteiger partial charge in [-0.15, -0.1) is 6.58 Å². The molecular weight excluding hydrogens is 231 g/mol. The summed E-state index contributed by atoms with van der Waals surface area (Å²) >= 11 is 1.97. The smallest absolute Gasteiger partial charge is 0.320 e. The van der Waals surface area contributed by atoms with Crippen LogP contribution < -0.4 is 0 Å². The molecule has 9 heavy (non-hydrogen) atoms. The Kier molecular flexibility index (Phi) is 1.54. The Balaban J connectivity index is 2.62. The van der Waals surface area contributed by atoms with Crippen LogP contribution in [0.5, 0.6) is 0 Å². The van der Waals surface area contributed by atoms with Crippen molar-refractivity contribution in [2.75, 3.05) is 0 Å². The van der Waals surface area contributed by atoms with Crippen LogP contribution in [0.1, 0.15) is 6.42 Å². The van der Waals surface area contributed by atoms with Gasteiger partial charge in [0.1, 0.15) is 3.42 Å². The van der Waals surface area contributed by atoms with Gasteiger partial charge in [-0.25, -0.2) is 0 Å². The summed E-state index contributed by atoms with van der Waals surface area (Å²) in [5.74, 6) is -0.524. The first kappa shape index (κ1) is 7.05. The van der Waals surface area contributed by atoms with E-state index in [1.54, 1.807) is 6.08 Å². The van der Waals surface area contributed by atoms with Crippen molar-refractivity contribution < 1.29 is 9.90 Å². The van der Waals surface area contributed by atoms with Crippen LogP contribution in [0.15, 0.2) is 12.7 Å². The second kappa shape index (κ2) is 1.97. The fourth-order valence-electron chi connectivity index (χ4n) is 0.777. The first-order valence-electron chi connectivity index (χ1n) is 2.66. The molecule has 2 atom stereocenters. The molecule has 3 heteroatoms. The van der Waals surface area contributed by atoms with Crippen molar-refractivity contribution in [3.05, 3.63) is 12.7 Å². The third-order valence-electron chi connectivity index (χ3n) is 1.58. The van der Waals surface area contributed by atoms with Crippen LogP contribution in [-0.4, -0.2) is 14.5 Å². The minimum Gasteiger partial charge on any atom is -0.480 e. The summed E-state index contributed by atoms with van der Waals surface area (Å²) in [5.41, 5.74) is 0. The van der Waals surface area contributed by atoms with E-state index in [1.165, 1.54) is 0 Å². The molecule has 1 aliphatic rings. The van der Waals surface area contributed by atoms with Gasteiger partial charge in [0.05, 0.1) is 0 Å². The van der Waals surface area contributed by atoms with E-state index < -0.39 is 9.39 Å². The average Bonchev–Trinajstić information content (AvgIpc) is 2.44. The second-order valence-electron chi connectivity index (χ2n) is 2.21. The normalized spacial score (nSPS) is 39.9. The van der Waals surface area contributed by atoms with Crippen molar-refractivity contribution in [2.45, 2.75) is 9.84 Å². The van der Waals surface area contributed by atoms with E-state index in [-0.39, 0.29) is 5.92 Å². The first-order valence-corrected chi connectivity index (χ1v) is 3.74. The number of carbonyl (C=O) groups is 1. The molecule has 0 saturated heterocycles. The maximum absolute atomic E-state index is 10.4. The zero-order valence-electron chi connectivity index (χ0n) is 4.80. The highest BCUT2D eigenvalue weighted by Gasteiger charge is 2.56. The molecule has 1 saturated carbocycles. The number of allylic oxidation sites excluding steroid dienone is 1. The van der Waals surface area contributed by atoms with Crippen molar-refractivity contribution in [1.29, 1.82) is 0 Å². The van der Waals surface area contributed by atoms with Crippen molar-refractivity contribution in [1.82, 2.24) is 0 Å². The van der Waals surface area contributed by atoms with Gasteiger partial charge < -0.3 is 5.11 Å². The number of hydrogen-bond acceptors (Lipinski definition) is 1. The maximum atomic E-state index is 10.4. The van der Waals surface area contributed by atoms with Crippen LogP contribution in [0.2, 0.25) is 0 Å². The quantitative estimate of drug-likeness (QED) is 0.449. The molecule has 0 heterocycles. The SMILES string of the molecule is C=C[C@@H]1CC1(I)C(=O)O. The lowest BCUT2D eigenvalue weighted by Gasteiger charge is -1.96. The fraction of sp³-hybridized carbons (Fsp3) is 0.500. The largest absolute Gasteiger partial charge is 0.480 e. The standard InChI is InChI=1S/C6H7IO2/c1-2-4-3-6(4,7)5(8)9/h2,4H,1,3H2,(H,8,9)/t4-,6?/m1/s1. The molecule has 2 nitrogen and oxygen atoms in total. The highest BCUT2D eigenvalue weighted by molar-refractivity contribution is 14.1. The highest BCUT2D eigenvalue weighted by atomic mass is 127. The van der Waals surface area contributed by atoms with Crippen molar-refractivity contribution >= 4 is 28.6 Å². The summed E-state index contributed by atoms with van der Waals surface area (Å²) in [6.45, 7) is 3.53. The van der Waals surface area contributed by atoms with Crippen LogP contribution in [0.4, 0.5) is 0 Å². The molecule has 50 valence electrons. The number of carboxylic acids is 1. The predicted octanol–water partition coefficient (Wildman–Crippen LogP) is 1.45. The van der Waals surface area contributed by atoms with E-state index in [0.29, 0.717) is 0 Å². The van der Waals surface area contributed by atoms with Crippen LogP contribution in [0.3, 0.4) is 0 Å². The molecule has 1 N–H and O–H groups in total. The van der Waals surface area contributed by atoms with Gasteiger partial charge in [0.15, 0.2) is 0 Å². The van der Waals surface area contributed by atoms with Gasteiger partial charge in [-0.1, -0.05) is 28.7 Å². The molecule has 0 aliphatic heterocycles. The van der Waals surface area contributed by atoms with Gasteiger partial charge in [0.25, 0.3) is 0 Å². The summed E-state index contributed by atoms with van der Waals surface area (Å²) in [6, 6.07) is 0. The summed E-state index contributed by atoms with van der Waals surface area (Å²) < 4.78 is -0.514. The summed E-state index contributed by atoms with van der Waals surface area (Å²) in [7, 11) is 0. The fourth-order valence-corrected chi connectivity index (χ4v) is 1.51. The molecule has 0 aromatic heterocycles. The topological polar surface area (TPSA) is 37.3 Å². The number of halogens is 1. The highest BCUT2D eigenvalue weighted by Crippen LogP contribution is 2.52. The van der Waals surface area contributed by atoms with Crippen LogP contribution in [-0.2, 0) is 4.79 Å². The second-order valence-corrected chi connectivity index (χ2v) is 4.14. The molecule has 0 amide bonds. The van der Waals surface area contributed by atoms with Gasteiger partial charge in [-0.3, -0.25) is 4.79 Å². The number of carboxylic acid groups (broad SMARTS) is 1. The van der Waals surface area contributed by atoms with Gasteiger partial charge in [0.2, 0.25) is 0 Å². The van der Waals surface area contributed by atoms with E-state index in [2.05, 4.69) is 6.58 Å². The average molecular weight is 238 g/mol. The Morgan fingerprint density at radius 1 is 2.00 bits per heavy atom. The Labute approximate surface area is 67.1 Å². The number of alkyl halides is 1. The number of aliphatic carboxylic acids is 1. The lowest BCUT2D eigenvalue weighted by Crippen LogP contribution is -2.15. The molecule has 1 fully saturated rings. The monoisotopic (exact) mass is 238 g/mol. The van der Waals surface area contributed by atoms with Crippen LogP contribution in [0.25, 0.3) is 0 Å². The first-order chi connectivity index (χ1) is 4.11. The minimum atomic E-state index is -0.715. The Bertz CT molecular complexity index is 166. The molecule has 1 rings (SSSR count). The molecule has 0 radical (unpaired) electrons. The van der Waals surface area contributed by atoms with Gasteiger partial charge in [-0.05, 0) is 6.42 Å². The van der Waals surface area contributed by atoms with Crippen molar-refractivity contribution in [2.24, 2.45) is 5.92 Å². The summed E-state index contributed by atoms with van der Waals surface area (Å²) in [5, 5.41) is 8.56. The van der Waals surface area contributed by atoms with E-state index in [1.807, 2.05) is 22.6 Å². The molecule has 0 aromatic rings. The molecule has 1 aliphatic carbocycles. The van der Waals surface area contributed by atoms with Gasteiger partial charge >= 0.3 is 5.97 Å². The zero-order valence-corrected chi connectivity index (χ0v) is 6.96. The molecular formula is C6H7IO2. The maximum Gasteiger partial charge on any atom is 0.320 e. The van der Waals surface area contributed by atoms with Crippen LogP contribution in [0, 0.1) is 5.92 Å². The van der Waals surface area contributed by atoms with Gasteiger partial charge in [0, 0.05) is 5.92 Å². The van der Waals surface area contributed by atoms with E-state index >= 15 is 0 Å². The van der Waals surface area contributed by atoms with Crippen molar-refractivity contribution in [3.8, 4) is 0 Å². The lowest BCUT2D eigenvalue weighted by molar-refractivity contribution is -0.136. The molecule has 1 unspecified atom stereocenters. The predicted molar refractivity (Wildman–Crippen MR) is 42.7 cm³/mol. The van der Waals surface area contributed by atoms with Gasteiger partial charge in [-0.2, -0.15) is 0 Å². The molecule has 0 spiro atoms. The molecule has 0 aromatic carbocycles. The lowest BCUT2D eigenvalue weighted by atomic mass is 10.3. The van der Waals surface area contributed by atoms with Crippen molar-refractivity contribution in [3.63, 3.8) is 0 Å². The number of rotatable bonds is 2. The van der Waals surface area contributed by atoms with E-state index in [4.69, 9.17) is 5.11 Å². The summed E-state index contributed by atoms with van der Waals surface area (Å²) in [6.07, 6.45) is 2.45. The molecule has 0 bridgehead atoms. The summed E-state index contributed by atoms with van der Waals surface area (Å²) in [4.78, 5) is 10.4. The number of hydrogen-bond donors (Lipinski definition) is 1. The Hall–Kier alpha value is -0.0600. The Morgan fingerprint density at radius 3 is 2.67 bits per heavy atom. The zero-order chi connectivity index (χ0) is 7.07. The van der Waals surface area contributed by atoms with E-state index in [0.717, 1.165) is 6.42 Å². The minimum absolute atomic E-state index is 0.190.